The molecule has 2 aromatic rings. The first-order valence-electron chi connectivity index (χ1n) is 23.4. The molecule has 2 aromatic carbocycles. The van der Waals surface area contributed by atoms with Gasteiger partial charge < -0.3 is 9.80 Å². The summed E-state index contributed by atoms with van der Waals surface area (Å²) in [5.74, 6) is 0.518. The zero-order valence-corrected chi connectivity index (χ0v) is 36.4. The Hall–Kier alpha value is -1.97. The Morgan fingerprint density at radius 3 is 0.815 bits per heavy atom. The first kappa shape index (κ1) is 48.2. The molecular formula is C51H88N2O. The molecule has 3 nitrogen and oxygen atoms in total. The van der Waals surface area contributed by atoms with Crippen LogP contribution in [0.2, 0.25) is 0 Å². The van der Waals surface area contributed by atoms with Gasteiger partial charge in [0.15, 0.2) is 0 Å². The number of carbonyl (C=O) groups excluding carboxylic acids is 1. The van der Waals surface area contributed by atoms with Crippen molar-refractivity contribution >= 4 is 5.78 Å². The van der Waals surface area contributed by atoms with Crippen molar-refractivity contribution < 1.29 is 4.79 Å². The van der Waals surface area contributed by atoms with Gasteiger partial charge in [-0.2, -0.15) is 0 Å². The quantitative estimate of drug-likeness (QED) is 0.0640. The van der Waals surface area contributed by atoms with E-state index < -0.39 is 0 Å². The van der Waals surface area contributed by atoms with Crippen LogP contribution in [-0.4, -0.2) is 43.8 Å². The fourth-order valence-electron chi connectivity index (χ4n) is 8.48. The standard InChI is InChI=1S/C51H88N2O/c1-52(2)50(47-39-31-29-32-40-47)45-37-27-23-19-15-11-7-5-9-13-17-21-25-35-43-49(54)44-36-26-22-18-14-10-6-8-12-16-20-24-28-38-46-51(53(3)4)48-41-33-30-34-42-48/h29-34,39-42,50-51H,5-28,35-38,43-46H2,1-4H3. The maximum Gasteiger partial charge on any atom is 0.132 e. The second-order valence-corrected chi connectivity index (χ2v) is 17.3. The van der Waals surface area contributed by atoms with Gasteiger partial charge in [0.2, 0.25) is 0 Å². The third kappa shape index (κ3) is 26.0. The van der Waals surface area contributed by atoms with Gasteiger partial charge in [-0.3, -0.25) is 4.79 Å². The maximum atomic E-state index is 12.3. The van der Waals surface area contributed by atoms with Crippen LogP contribution in [0.1, 0.15) is 229 Å². The molecule has 0 N–H and O–H groups in total. The van der Waals surface area contributed by atoms with Gasteiger partial charge in [-0.15, -0.1) is 0 Å². The SMILES string of the molecule is CN(C)C(CCCCCCCCCCCCCCCCC(=O)CCCCCCCCCCCCCCCCC(c1ccccc1)N(C)C)c1ccccc1. The van der Waals surface area contributed by atoms with E-state index >= 15 is 0 Å². The molecule has 0 spiro atoms. The monoisotopic (exact) mass is 745 g/mol. The maximum absolute atomic E-state index is 12.3. The second-order valence-electron chi connectivity index (χ2n) is 17.3. The van der Waals surface area contributed by atoms with E-state index in [1.54, 1.807) is 0 Å². The number of unbranched alkanes of at least 4 members (excludes halogenated alkanes) is 26. The summed E-state index contributed by atoms with van der Waals surface area (Å²) in [6.07, 6.45) is 42.2. The lowest BCUT2D eigenvalue weighted by Crippen LogP contribution is -2.19. The Labute approximate surface area is 336 Å². The van der Waals surface area contributed by atoms with E-state index in [9.17, 15) is 4.79 Å². The van der Waals surface area contributed by atoms with Crippen LogP contribution in [0.15, 0.2) is 60.7 Å². The molecule has 308 valence electrons. The lowest BCUT2D eigenvalue weighted by Gasteiger charge is -2.24. The van der Waals surface area contributed by atoms with Gasteiger partial charge in [0.25, 0.3) is 0 Å². The third-order valence-corrected chi connectivity index (χ3v) is 12.0. The van der Waals surface area contributed by atoms with Crippen molar-refractivity contribution in [2.45, 2.75) is 218 Å². The molecule has 0 aliphatic heterocycles. The van der Waals surface area contributed by atoms with Crippen LogP contribution >= 0.6 is 0 Å². The molecule has 0 aliphatic carbocycles. The van der Waals surface area contributed by atoms with Crippen molar-refractivity contribution in [1.29, 1.82) is 0 Å². The minimum absolute atomic E-state index is 0.518. The fraction of sp³-hybridized carbons (Fsp3) is 0.745. The first-order valence-corrected chi connectivity index (χ1v) is 23.4. The van der Waals surface area contributed by atoms with Crippen molar-refractivity contribution in [1.82, 2.24) is 9.80 Å². The number of hydrogen-bond acceptors (Lipinski definition) is 3. The van der Waals surface area contributed by atoms with Crippen molar-refractivity contribution in [2.75, 3.05) is 28.2 Å². The molecule has 0 fully saturated rings. The lowest BCUT2D eigenvalue weighted by molar-refractivity contribution is -0.119. The highest BCUT2D eigenvalue weighted by molar-refractivity contribution is 5.78. The number of carbonyl (C=O) groups is 1. The van der Waals surface area contributed by atoms with E-state index in [2.05, 4.69) is 98.7 Å². The largest absolute Gasteiger partial charge is 0.302 e. The minimum atomic E-state index is 0.518. The van der Waals surface area contributed by atoms with Crippen molar-refractivity contribution in [3.63, 3.8) is 0 Å². The normalized spacial score (nSPS) is 12.9. The topological polar surface area (TPSA) is 23.6 Å². The molecular weight excluding hydrogens is 657 g/mol. The molecule has 0 aromatic heterocycles. The molecule has 2 unspecified atom stereocenters. The molecule has 54 heavy (non-hydrogen) atoms. The van der Waals surface area contributed by atoms with Gasteiger partial charge in [0.05, 0.1) is 0 Å². The number of rotatable bonds is 38. The van der Waals surface area contributed by atoms with E-state index in [1.807, 2.05) is 0 Å². The Bertz CT molecular complexity index is 998. The molecule has 0 saturated heterocycles. The number of Topliss-reactive ketones (excluding diaryl/α,β-unsaturated/α-hetero) is 1. The van der Waals surface area contributed by atoms with E-state index in [1.165, 1.54) is 191 Å². The van der Waals surface area contributed by atoms with E-state index in [4.69, 9.17) is 0 Å². The summed E-state index contributed by atoms with van der Waals surface area (Å²) in [6.45, 7) is 0. The van der Waals surface area contributed by atoms with Crippen molar-refractivity contribution in [3.8, 4) is 0 Å². The van der Waals surface area contributed by atoms with Crippen LogP contribution in [0.3, 0.4) is 0 Å². The van der Waals surface area contributed by atoms with Crippen LogP contribution in [0.5, 0.6) is 0 Å². The van der Waals surface area contributed by atoms with Crippen LogP contribution in [0.4, 0.5) is 0 Å². The predicted molar refractivity (Wildman–Crippen MR) is 238 cm³/mol. The van der Waals surface area contributed by atoms with Gasteiger partial charge in [-0.1, -0.05) is 228 Å². The second kappa shape index (κ2) is 34.3. The summed E-state index contributed by atoms with van der Waals surface area (Å²) in [7, 11) is 8.85. The van der Waals surface area contributed by atoms with Crippen LogP contribution < -0.4 is 0 Å². The van der Waals surface area contributed by atoms with Gasteiger partial charge in [-0.25, -0.2) is 0 Å². The number of nitrogens with zero attached hydrogens (tertiary/aromatic N) is 2. The highest BCUT2D eigenvalue weighted by Crippen LogP contribution is 2.26. The number of hydrogen-bond donors (Lipinski definition) is 0. The van der Waals surface area contributed by atoms with E-state index in [0.717, 1.165) is 25.7 Å². The summed E-state index contributed by atoms with van der Waals surface area (Å²) < 4.78 is 0. The first-order chi connectivity index (χ1) is 26.5. The summed E-state index contributed by atoms with van der Waals surface area (Å²) in [5.41, 5.74) is 2.91. The third-order valence-electron chi connectivity index (χ3n) is 12.0. The summed E-state index contributed by atoms with van der Waals surface area (Å²) in [5, 5.41) is 0. The molecule has 3 heteroatoms. The zero-order valence-electron chi connectivity index (χ0n) is 36.4. The molecule has 2 atom stereocenters. The molecule has 0 radical (unpaired) electrons. The summed E-state index contributed by atoms with van der Waals surface area (Å²) in [6, 6.07) is 23.1. The van der Waals surface area contributed by atoms with Gasteiger partial charge in [0, 0.05) is 24.9 Å². The summed E-state index contributed by atoms with van der Waals surface area (Å²) in [4.78, 5) is 17.1. The molecule has 2 rings (SSSR count). The van der Waals surface area contributed by atoms with Gasteiger partial charge >= 0.3 is 0 Å². The number of benzene rings is 2. The van der Waals surface area contributed by atoms with Crippen molar-refractivity contribution in [3.05, 3.63) is 71.8 Å². The van der Waals surface area contributed by atoms with E-state index in [-0.39, 0.29) is 0 Å². The molecule has 0 amide bonds. The average Bonchev–Trinajstić information content (AvgIpc) is 3.17. The highest BCUT2D eigenvalue weighted by Gasteiger charge is 2.14. The smallest absolute Gasteiger partial charge is 0.132 e. The minimum Gasteiger partial charge on any atom is -0.302 e. The van der Waals surface area contributed by atoms with Gasteiger partial charge in [-0.05, 0) is 65.0 Å². The molecule has 0 heterocycles. The van der Waals surface area contributed by atoms with Crippen LogP contribution in [-0.2, 0) is 4.79 Å². The fourth-order valence-corrected chi connectivity index (χ4v) is 8.48. The number of ketones is 1. The van der Waals surface area contributed by atoms with Crippen molar-refractivity contribution in [2.24, 2.45) is 0 Å². The summed E-state index contributed by atoms with van der Waals surface area (Å²) >= 11 is 0. The average molecular weight is 745 g/mol. The van der Waals surface area contributed by atoms with Crippen LogP contribution in [0, 0.1) is 0 Å². The Balaban J connectivity index is 1.23. The van der Waals surface area contributed by atoms with Crippen LogP contribution in [0.25, 0.3) is 0 Å². The van der Waals surface area contributed by atoms with E-state index in [0.29, 0.717) is 17.9 Å². The Morgan fingerprint density at radius 2 is 0.574 bits per heavy atom. The predicted octanol–water partition coefficient (Wildman–Crippen LogP) is 15.6. The zero-order chi connectivity index (χ0) is 38.7. The molecule has 0 aliphatic rings. The van der Waals surface area contributed by atoms with Gasteiger partial charge in [0.1, 0.15) is 5.78 Å². The lowest BCUT2D eigenvalue weighted by atomic mass is 9.98. The highest BCUT2D eigenvalue weighted by atomic mass is 16.1. The molecule has 0 bridgehead atoms. The molecule has 0 saturated carbocycles. The Kier molecular flexibility index (Phi) is 30.6. The Morgan fingerprint density at radius 1 is 0.352 bits per heavy atom.